The van der Waals surface area contributed by atoms with Crippen molar-refractivity contribution in [3.05, 3.63) is 72.1 Å². The molecule has 0 bridgehead atoms. The Morgan fingerprint density at radius 1 is 0.969 bits per heavy atom. The van der Waals surface area contributed by atoms with Gasteiger partial charge < -0.3 is 25.8 Å². The van der Waals surface area contributed by atoms with E-state index >= 15 is 0 Å². The van der Waals surface area contributed by atoms with Gasteiger partial charge in [0, 0.05) is 18.0 Å². The molecule has 0 saturated heterocycles. The molecule has 0 aliphatic carbocycles. The number of alkyl halides is 3. The molecule has 11 heteroatoms. The lowest BCUT2D eigenvalue weighted by molar-refractivity contribution is -0.137. The van der Waals surface area contributed by atoms with E-state index in [2.05, 4.69) is 15.6 Å². The third-order valence-electron chi connectivity index (χ3n) is 4.11. The second kappa shape index (κ2) is 9.25. The van der Waals surface area contributed by atoms with E-state index in [-0.39, 0.29) is 17.1 Å². The highest BCUT2D eigenvalue weighted by molar-refractivity contribution is 6.00. The Hall–Kier alpha value is -4.28. The molecule has 0 unspecified atom stereocenters. The van der Waals surface area contributed by atoms with Crippen LogP contribution in [0.3, 0.4) is 0 Å². The number of nitrogens with one attached hydrogen (secondary N) is 2. The Morgan fingerprint density at radius 2 is 1.69 bits per heavy atom. The predicted octanol–water partition coefficient (Wildman–Crippen LogP) is 4.64. The standard InChI is InChI=1S/C21H17F3N4O4/c1-31-18-7-2-12(21(22,23)24)10-16(18)28-20(30)27-13-3-5-14(6-4-13)32-15-8-9-26-17(11-15)19(25)29/h2-11H,1H3,(H2,25,29)(H2,27,28,30). The van der Waals surface area contributed by atoms with E-state index in [4.69, 9.17) is 15.2 Å². The molecule has 3 aromatic rings. The minimum absolute atomic E-state index is 0.0440. The number of primary amides is 1. The SMILES string of the molecule is COc1ccc(C(F)(F)F)cc1NC(=O)Nc1ccc(Oc2ccnc(C(N)=O)c2)cc1. The first-order valence-electron chi connectivity index (χ1n) is 9.03. The lowest BCUT2D eigenvalue weighted by atomic mass is 10.2. The van der Waals surface area contributed by atoms with Crippen LogP contribution in [0.15, 0.2) is 60.8 Å². The summed E-state index contributed by atoms with van der Waals surface area (Å²) >= 11 is 0. The molecule has 0 atom stereocenters. The maximum absolute atomic E-state index is 12.9. The molecule has 3 amide bonds. The number of hydrogen-bond acceptors (Lipinski definition) is 5. The smallest absolute Gasteiger partial charge is 0.416 e. The van der Waals surface area contributed by atoms with Gasteiger partial charge in [-0.1, -0.05) is 0 Å². The molecule has 2 aromatic carbocycles. The largest absolute Gasteiger partial charge is 0.495 e. The van der Waals surface area contributed by atoms with Crippen molar-refractivity contribution >= 4 is 23.3 Å². The zero-order valence-corrected chi connectivity index (χ0v) is 16.6. The lowest BCUT2D eigenvalue weighted by Gasteiger charge is -2.14. The number of ether oxygens (including phenoxy) is 2. The van der Waals surface area contributed by atoms with Gasteiger partial charge in [0.2, 0.25) is 0 Å². The number of carbonyl (C=O) groups is 2. The summed E-state index contributed by atoms with van der Waals surface area (Å²) in [5.74, 6) is 0.115. The van der Waals surface area contributed by atoms with Gasteiger partial charge >= 0.3 is 12.2 Å². The molecule has 166 valence electrons. The van der Waals surface area contributed by atoms with Crippen molar-refractivity contribution in [2.75, 3.05) is 17.7 Å². The van der Waals surface area contributed by atoms with Crippen molar-refractivity contribution in [2.45, 2.75) is 6.18 Å². The number of aromatic nitrogens is 1. The van der Waals surface area contributed by atoms with Crippen molar-refractivity contribution in [3.8, 4) is 17.2 Å². The molecule has 32 heavy (non-hydrogen) atoms. The van der Waals surface area contributed by atoms with Gasteiger partial charge in [0.1, 0.15) is 22.9 Å². The maximum atomic E-state index is 12.9. The fourth-order valence-corrected chi connectivity index (χ4v) is 2.62. The van der Waals surface area contributed by atoms with E-state index in [9.17, 15) is 22.8 Å². The van der Waals surface area contributed by atoms with Gasteiger partial charge in [0.25, 0.3) is 5.91 Å². The third-order valence-corrected chi connectivity index (χ3v) is 4.11. The maximum Gasteiger partial charge on any atom is 0.416 e. The molecular formula is C21H17F3N4O4. The number of amides is 3. The zero-order valence-electron chi connectivity index (χ0n) is 16.6. The molecular weight excluding hydrogens is 429 g/mol. The second-order valence-corrected chi connectivity index (χ2v) is 6.36. The first kappa shape index (κ1) is 22.4. The molecule has 4 N–H and O–H groups in total. The number of nitrogens with two attached hydrogens (primary N) is 1. The number of carbonyl (C=O) groups excluding carboxylic acids is 2. The predicted molar refractivity (Wildman–Crippen MR) is 110 cm³/mol. The van der Waals surface area contributed by atoms with Crippen LogP contribution in [0.2, 0.25) is 0 Å². The first-order valence-corrected chi connectivity index (χ1v) is 9.03. The van der Waals surface area contributed by atoms with Crippen LogP contribution in [0.1, 0.15) is 16.1 Å². The minimum Gasteiger partial charge on any atom is -0.495 e. The van der Waals surface area contributed by atoms with Crippen molar-refractivity contribution in [1.82, 2.24) is 4.98 Å². The fourth-order valence-electron chi connectivity index (χ4n) is 2.62. The summed E-state index contributed by atoms with van der Waals surface area (Å²) < 4.78 is 49.4. The van der Waals surface area contributed by atoms with E-state index in [0.29, 0.717) is 17.2 Å². The molecule has 0 spiro atoms. The topological polar surface area (TPSA) is 116 Å². The number of urea groups is 1. The number of anilines is 2. The second-order valence-electron chi connectivity index (χ2n) is 6.36. The van der Waals surface area contributed by atoms with Gasteiger partial charge in [-0.25, -0.2) is 4.79 Å². The summed E-state index contributed by atoms with van der Waals surface area (Å²) in [5, 5.41) is 4.84. The van der Waals surface area contributed by atoms with Crippen LogP contribution in [0.4, 0.5) is 29.3 Å². The molecule has 0 aliphatic heterocycles. The van der Waals surface area contributed by atoms with E-state index in [1.54, 1.807) is 12.1 Å². The molecule has 0 aliphatic rings. The summed E-state index contributed by atoms with van der Waals surface area (Å²) in [6, 6.07) is 11.0. The highest BCUT2D eigenvalue weighted by Gasteiger charge is 2.31. The van der Waals surface area contributed by atoms with Crippen LogP contribution in [0.5, 0.6) is 17.2 Å². The number of rotatable bonds is 6. The van der Waals surface area contributed by atoms with Crippen LogP contribution in [-0.4, -0.2) is 24.0 Å². The monoisotopic (exact) mass is 446 g/mol. The summed E-state index contributed by atoms with van der Waals surface area (Å²) in [6.45, 7) is 0. The molecule has 0 radical (unpaired) electrons. The normalized spacial score (nSPS) is 10.9. The van der Waals surface area contributed by atoms with Crippen molar-refractivity contribution in [3.63, 3.8) is 0 Å². The Balaban J connectivity index is 1.66. The number of methoxy groups -OCH3 is 1. The first-order chi connectivity index (χ1) is 15.2. The van der Waals surface area contributed by atoms with Crippen LogP contribution in [0, 0.1) is 0 Å². The van der Waals surface area contributed by atoms with Gasteiger partial charge in [-0.05, 0) is 48.5 Å². The van der Waals surface area contributed by atoms with Crippen molar-refractivity contribution in [2.24, 2.45) is 5.73 Å². The van der Waals surface area contributed by atoms with Crippen LogP contribution in [0.25, 0.3) is 0 Å². The molecule has 0 fully saturated rings. The quantitative estimate of drug-likeness (QED) is 0.510. The van der Waals surface area contributed by atoms with E-state index in [0.717, 1.165) is 18.2 Å². The Labute approximate surface area is 180 Å². The summed E-state index contributed by atoms with van der Waals surface area (Å²) in [4.78, 5) is 27.2. The number of pyridine rings is 1. The van der Waals surface area contributed by atoms with Gasteiger partial charge in [-0.3, -0.25) is 9.78 Å². The summed E-state index contributed by atoms with van der Waals surface area (Å²) in [6.07, 6.45) is -3.19. The lowest BCUT2D eigenvalue weighted by Crippen LogP contribution is -2.20. The van der Waals surface area contributed by atoms with Crippen molar-refractivity contribution < 1.29 is 32.2 Å². The van der Waals surface area contributed by atoms with Crippen LogP contribution < -0.4 is 25.8 Å². The van der Waals surface area contributed by atoms with Gasteiger partial charge in [0.15, 0.2) is 0 Å². The molecule has 1 aromatic heterocycles. The number of benzene rings is 2. The molecule has 8 nitrogen and oxygen atoms in total. The van der Waals surface area contributed by atoms with Gasteiger partial charge in [-0.15, -0.1) is 0 Å². The highest BCUT2D eigenvalue weighted by atomic mass is 19.4. The average Bonchev–Trinajstić information content (AvgIpc) is 2.74. The molecule has 1 heterocycles. The minimum atomic E-state index is -4.57. The van der Waals surface area contributed by atoms with Gasteiger partial charge in [0.05, 0.1) is 18.4 Å². The van der Waals surface area contributed by atoms with E-state index in [1.165, 1.54) is 37.6 Å². The Kier molecular flexibility index (Phi) is 6.47. The number of hydrogen-bond donors (Lipinski definition) is 3. The highest BCUT2D eigenvalue weighted by Crippen LogP contribution is 2.35. The summed E-state index contributed by atoms with van der Waals surface area (Å²) in [7, 11) is 1.28. The zero-order chi connectivity index (χ0) is 23.3. The Morgan fingerprint density at radius 3 is 2.31 bits per heavy atom. The van der Waals surface area contributed by atoms with E-state index in [1.807, 2.05) is 0 Å². The summed E-state index contributed by atoms with van der Waals surface area (Å²) in [5.41, 5.74) is 4.52. The number of nitrogens with zero attached hydrogens (tertiary/aromatic N) is 1. The van der Waals surface area contributed by atoms with Crippen molar-refractivity contribution in [1.29, 1.82) is 0 Å². The third kappa shape index (κ3) is 5.65. The van der Waals surface area contributed by atoms with E-state index < -0.39 is 23.7 Å². The average molecular weight is 446 g/mol. The van der Waals surface area contributed by atoms with Crippen LogP contribution >= 0.6 is 0 Å². The van der Waals surface area contributed by atoms with Gasteiger partial charge in [-0.2, -0.15) is 13.2 Å². The van der Waals surface area contributed by atoms with Crippen LogP contribution in [-0.2, 0) is 6.18 Å². The number of halogens is 3. The fraction of sp³-hybridized carbons (Fsp3) is 0.0952. The Bertz CT molecular complexity index is 1130. The molecule has 3 rings (SSSR count). The molecule has 0 saturated carbocycles.